The van der Waals surface area contributed by atoms with Crippen molar-refractivity contribution in [1.82, 2.24) is 15.3 Å². The highest BCUT2D eigenvalue weighted by atomic mass is 79.9. The number of benzene rings is 1. The van der Waals surface area contributed by atoms with E-state index in [2.05, 4.69) is 41.4 Å². The van der Waals surface area contributed by atoms with Crippen molar-refractivity contribution in [1.29, 1.82) is 0 Å². The van der Waals surface area contributed by atoms with Gasteiger partial charge in [-0.1, -0.05) is 15.9 Å². The first-order valence-electron chi connectivity index (χ1n) is 9.00. The van der Waals surface area contributed by atoms with Crippen LogP contribution >= 0.6 is 15.9 Å². The fourth-order valence-corrected chi connectivity index (χ4v) is 3.23. The maximum Gasteiger partial charge on any atom is 0.251 e. The summed E-state index contributed by atoms with van der Waals surface area (Å²) in [5.41, 5.74) is 1.59. The first kappa shape index (κ1) is 18.6. The second kappa shape index (κ2) is 8.98. The topological polar surface area (TPSA) is 70.2 Å². The molecule has 1 amide bonds. The minimum absolute atomic E-state index is 0.0848. The number of hydrogen-bond donors (Lipinski definition) is 2. The standard InChI is InChI=1S/C19H24BrN5O/c1-14-13-17(25-11-3-2-4-12-25)24-19(23-14)22-10-9-21-18(26)15-5-7-16(20)8-6-15/h5-8,13H,2-4,9-12H2,1H3,(H,21,26)(H,22,23,24). The van der Waals surface area contributed by atoms with Crippen LogP contribution in [0.2, 0.25) is 0 Å². The monoisotopic (exact) mass is 417 g/mol. The molecule has 138 valence electrons. The molecule has 2 aromatic rings. The summed E-state index contributed by atoms with van der Waals surface area (Å²) in [5, 5.41) is 6.11. The van der Waals surface area contributed by atoms with E-state index in [0.717, 1.165) is 29.1 Å². The quantitative estimate of drug-likeness (QED) is 0.704. The van der Waals surface area contributed by atoms with Gasteiger partial charge in [-0.15, -0.1) is 0 Å². The van der Waals surface area contributed by atoms with Crippen molar-refractivity contribution in [2.75, 3.05) is 36.4 Å². The van der Waals surface area contributed by atoms with Gasteiger partial charge >= 0.3 is 0 Å². The molecule has 1 aromatic carbocycles. The number of piperidine rings is 1. The van der Waals surface area contributed by atoms with Crippen molar-refractivity contribution in [2.45, 2.75) is 26.2 Å². The third kappa shape index (κ3) is 5.17. The molecule has 0 unspecified atom stereocenters. The summed E-state index contributed by atoms with van der Waals surface area (Å²) in [6, 6.07) is 9.33. The van der Waals surface area contributed by atoms with E-state index in [9.17, 15) is 4.79 Å². The molecule has 1 aliphatic heterocycles. The van der Waals surface area contributed by atoms with E-state index in [1.807, 2.05) is 25.1 Å². The van der Waals surface area contributed by atoms with Gasteiger partial charge in [-0.2, -0.15) is 4.98 Å². The maximum atomic E-state index is 12.1. The van der Waals surface area contributed by atoms with Gasteiger partial charge in [-0.25, -0.2) is 4.98 Å². The van der Waals surface area contributed by atoms with Gasteiger partial charge in [0.2, 0.25) is 5.95 Å². The summed E-state index contributed by atoms with van der Waals surface area (Å²) in [6.07, 6.45) is 3.73. The molecule has 1 aliphatic rings. The number of carbonyl (C=O) groups is 1. The zero-order valence-corrected chi connectivity index (χ0v) is 16.6. The Kier molecular flexibility index (Phi) is 6.44. The molecule has 0 atom stereocenters. The molecule has 0 bridgehead atoms. The number of aromatic nitrogens is 2. The van der Waals surface area contributed by atoms with Crippen LogP contribution in [0.4, 0.5) is 11.8 Å². The van der Waals surface area contributed by atoms with Crippen LogP contribution in [0.3, 0.4) is 0 Å². The molecule has 1 fully saturated rings. The number of nitrogens with one attached hydrogen (secondary N) is 2. The number of halogens is 1. The first-order valence-corrected chi connectivity index (χ1v) is 9.79. The van der Waals surface area contributed by atoms with Gasteiger partial charge in [0, 0.05) is 48.0 Å². The fourth-order valence-electron chi connectivity index (χ4n) is 2.97. The number of aryl methyl sites for hydroxylation is 1. The number of anilines is 2. The van der Waals surface area contributed by atoms with Crippen molar-refractivity contribution < 1.29 is 4.79 Å². The molecule has 1 saturated heterocycles. The third-order valence-corrected chi connectivity index (χ3v) is 4.85. The van der Waals surface area contributed by atoms with Gasteiger partial charge in [-0.05, 0) is 50.5 Å². The zero-order chi connectivity index (χ0) is 18.4. The molecule has 2 heterocycles. The normalized spacial score (nSPS) is 14.2. The highest BCUT2D eigenvalue weighted by molar-refractivity contribution is 9.10. The van der Waals surface area contributed by atoms with Crippen molar-refractivity contribution in [3.8, 4) is 0 Å². The molecule has 1 aromatic heterocycles. The molecule has 0 saturated carbocycles. The lowest BCUT2D eigenvalue weighted by atomic mass is 10.1. The van der Waals surface area contributed by atoms with Gasteiger partial charge in [-0.3, -0.25) is 4.79 Å². The van der Waals surface area contributed by atoms with E-state index < -0.39 is 0 Å². The Balaban J connectivity index is 1.50. The molecular formula is C19H24BrN5O. The average molecular weight is 418 g/mol. The molecular weight excluding hydrogens is 394 g/mol. The van der Waals surface area contributed by atoms with Crippen LogP contribution < -0.4 is 15.5 Å². The predicted octanol–water partition coefficient (Wildman–Crippen LogP) is 3.38. The van der Waals surface area contributed by atoms with Crippen LogP contribution in [0.15, 0.2) is 34.8 Å². The minimum atomic E-state index is -0.0848. The van der Waals surface area contributed by atoms with E-state index in [1.165, 1.54) is 19.3 Å². The molecule has 0 spiro atoms. The van der Waals surface area contributed by atoms with E-state index in [-0.39, 0.29) is 5.91 Å². The number of amides is 1. The Morgan fingerprint density at radius 2 is 1.85 bits per heavy atom. The fraction of sp³-hybridized carbons (Fsp3) is 0.421. The highest BCUT2D eigenvalue weighted by Crippen LogP contribution is 2.19. The van der Waals surface area contributed by atoms with Crippen LogP contribution in [0.1, 0.15) is 35.3 Å². The van der Waals surface area contributed by atoms with Crippen molar-refractivity contribution >= 4 is 33.6 Å². The van der Waals surface area contributed by atoms with E-state index in [1.54, 1.807) is 12.1 Å². The average Bonchev–Trinajstić information content (AvgIpc) is 2.66. The van der Waals surface area contributed by atoms with Crippen molar-refractivity contribution in [3.05, 3.63) is 46.1 Å². The van der Waals surface area contributed by atoms with Crippen molar-refractivity contribution in [2.24, 2.45) is 0 Å². The van der Waals surface area contributed by atoms with E-state index in [0.29, 0.717) is 24.6 Å². The first-order chi connectivity index (χ1) is 12.6. The number of carbonyl (C=O) groups excluding carboxylic acids is 1. The SMILES string of the molecule is Cc1cc(N2CCCCC2)nc(NCCNC(=O)c2ccc(Br)cc2)n1. The predicted molar refractivity (Wildman–Crippen MR) is 108 cm³/mol. The summed E-state index contributed by atoms with van der Waals surface area (Å²) in [7, 11) is 0. The Labute approximate surface area is 162 Å². The van der Waals surface area contributed by atoms with Gasteiger partial charge in [0.05, 0.1) is 0 Å². The summed E-state index contributed by atoms with van der Waals surface area (Å²) >= 11 is 3.37. The highest BCUT2D eigenvalue weighted by Gasteiger charge is 2.13. The van der Waals surface area contributed by atoms with Crippen LogP contribution in [-0.2, 0) is 0 Å². The lowest BCUT2D eigenvalue weighted by Gasteiger charge is -2.28. The smallest absolute Gasteiger partial charge is 0.251 e. The second-order valence-corrected chi connectivity index (χ2v) is 7.34. The molecule has 6 nitrogen and oxygen atoms in total. The number of nitrogens with zero attached hydrogens (tertiary/aromatic N) is 3. The summed E-state index contributed by atoms with van der Waals surface area (Å²) in [4.78, 5) is 23.5. The molecule has 0 aliphatic carbocycles. The van der Waals surface area contributed by atoms with Crippen molar-refractivity contribution in [3.63, 3.8) is 0 Å². The Morgan fingerprint density at radius 3 is 2.58 bits per heavy atom. The van der Waals surface area contributed by atoms with Crippen LogP contribution in [0, 0.1) is 6.92 Å². The van der Waals surface area contributed by atoms with Crippen LogP contribution in [-0.4, -0.2) is 42.1 Å². The molecule has 26 heavy (non-hydrogen) atoms. The molecule has 7 heteroatoms. The zero-order valence-electron chi connectivity index (χ0n) is 15.0. The van der Waals surface area contributed by atoms with Gasteiger partial charge < -0.3 is 15.5 Å². The maximum absolute atomic E-state index is 12.1. The summed E-state index contributed by atoms with van der Waals surface area (Å²) < 4.78 is 0.955. The third-order valence-electron chi connectivity index (χ3n) is 4.32. The van der Waals surface area contributed by atoms with Gasteiger partial charge in [0.1, 0.15) is 5.82 Å². The molecule has 2 N–H and O–H groups in total. The van der Waals surface area contributed by atoms with Crippen LogP contribution in [0.25, 0.3) is 0 Å². The summed E-state index contributed by atoms with van der Waals surface area (Å²) in [6.45, 7) is 5.17. The number of hydrogen-bond acceptors (Lipinski definition) is 5. The van der Waals surface area contributed by atoms with Gasteiger partial charge in [0.15, 0.2) is 0 Å². The lowest BCUT2D eigenvalue weighted by Crippen LogP contribution is -2.31. The number of rotatable bonds is 6. The lowest BCUT2D eigenvalue weighted by molar-refractivity contribution is 0.0955. The van der Waals surface area contributed by atoms with Crippen LogP contribution in [0.5, 0.6) is 0 Å². The van der Waals surface area contributed by atoms with Gasteiger partial charge in [0.25, 0.3) is 5.91 Å². The minimum Gasteiger partial charge on any atom is -0.356 e. The second-order valence-electron chi connectivity index (χ2n) is 6.43. The Morgan fingerprint density at radius 1 is 1.12 bits per heavy atom. The van der Waals surface area contributed by atoms with E-state index >= 15 is 0 Å². The molecule has 3 rings (SSSR count). The van der Waals surface area contributed by atoms with E-state index in [4.69, 9.17) is 0 Å². The summed E-state index contributed by atoms with van der Waals surface area (Å²) in [5.74, 6) is 1.51. The Bertz CT molecular complexity index is 744. The largest absolute Gasteiger partial charge is 0.356 e. The molecule has 0 radical (unpaired) electrons. The Hall–Kier alpha value is -2.15.